The third-order valence-electron chi connectivity index (χ3n) is 6.48. The Labute approximate surface area is 189 Å². The molecule has 0 aliphatic carbocycles. The zero-order valence-electron chi connectivity index (χ0n) is 20.3. The predicted octanol–water partition coefficient (Wildman–Crippen LogP) is 2.91. The van der Waals surface area contributed by atoms with Crippen molar-refractivity contribution in [3.05, 3.63) is 0 Å². The summed E-state index contributed by atoms with van der Waals surface area (Å²) in [4.78, 5) is 38.8. The van der Waals surface area contributed by atoms with Gasteiger partial charge in [-0.1, -0.05) is 78.6 Å². The van der Waals surface area contributed by atoms with Crippen molar-refractivity contribution in [1.82, 2.24) is 0 Å². The van der Waals surface area contributed by atoms with E-state index in [1.165, 1.54) is 51.9 Å². The smallest absolute Gasteiger partial charge is 0.179 e. The average Bonchev–Trinajstić information content (AvgIpc) is 2.76. The molecule has 0 saturated heterocycles. The van der Waals surface area contributed by atoms with Crippen LogP contribution in [0.1, 0.15) is 91.9 Å². The molecule has 7 heteroatoms. The lowest BCUT2D eigenvalue weighted by Crippen LogP contribution is -2.67. The molecule has 0 saturated carbocycles. The highest BCUT2D eigenvalue weighted by Gasteiger charge is 2.63. The van der Waals surface area contributed by atoms with Gasteiger partial charge in [0.2, 0.25) is 0 Å². The normalized spacial score (nSPS) is 13.9. The Bertz CT molecular complexity index is 535. The monoisotopic (exact) mass is 441 g/mol. The van der Waals surface area contributed by atoms with Crippen LogP contribution in [-0.2, 0) is 19.1 Å². The van der Waals surface area contributed by atoms with Crippen LogP contribution in [-0.4, -0.2) is 49.2 Å². The number of carbonyl (C=O) groups excluding carboxylic acids is 3. The molecule has 0 spiro atoms. The Morgan fingerprint density at radius 3 is 1.45 bits per heavy atom. The molecule has 7 nitrogen and oxygen atoms in total. The Morgan fingerprint density at radius 1 is 0.710 bits per heavy atom. The molecule has 0 aromatic carbocycles. The molecular formula is C24H47N3O4. The van der Waals surface area contributed by atoms with E-state index in [1.54, 1.807) is 13.8 Å². The second kappa shape index (κ2) is 15.6. The topological polar surface area (TPSA) is 138 Å². The van der Waals surface area contributed by atoms with Gasteiger partial charge in [-0.25, -0.2) is 0 Å². The number of carbonyl (C=O) groups is 3. The highest BCUT2D eigenvalue weighted by Crippen LogP contribution is 2.44. The molecule has 0 radical (unpaired) electrons. The Hall–Kier alpha value is -1.15. The lowest BCUT2D eigenvalue weighted by molar-refractivity contribution is -0.182. The summed E-state index contributed by atoms with van der Waals surface area (Å²) in [6.07, 6.45) is 11.7. The van der Waals surface area contributed by atoms with Crippen molar-refractivity contribution in [3.63, 3.8) is 0 Å². The van der Waals surface area contributed by atoms with Crippen LogP contribution in [0.5, 0.6) is 0 Å². The summed E-state index contributed by atoms with van der Waals surface area (Å²) in [6.45, 7) is 6.33. The van der Waals surface area contributed by atoms with Crippen molar-refractivity contribution in [3.8, 4) is 0 Å². The lowest BCUT2D eigenvalue weighted by Gasteiger charge is -2.47. The van der Waals surface area contributed by atoms with Gasteiger partial charge in [0.15, 0.2) is 17.3 Å². The molecule has 0 aromatic rings. The fourth-order valence-electron chi connectivity index (χ4n) is 4.68. The van der Waals surface area contributed by atoms with Gasteiger partial charge in [0.25, 0.3) is 0 Å². The van der Waals surface area contributed by atoms with Gasteiger partial charge >= 0.3 is 0 Å². The summed E-state index contributed by atoms with van der Waals surface area (Å²) in [7, 11) is 0. The van der Waals surface area contributed by atoms with Gasteiger partial charge in [-0.3, -0.25) is 14.4 Å². The van der Waals surface area contributed by atoms with Gasteiger partial charge < -0.3 is 21.9 Å². The number of Topliss-reactive ketones (excluding diaryl/α,β-unsaturated/α-hetero) is 3. The molecule has 1 atom stereocenters. The Kier molecular flexibility index (Phi) is 15.0. The molecule has 0 aliphatic rings. The maximum atomic E-state index is 13.0. The van der Waals surface area contributed by atoms with E-state index in [4.69, 9.17) is 21.9 Å². The van der Waals surface area contributed by atoms with Gasteiger partial charge in [0, 0.05) is 6.61 Å². The molecule has 0 fully saturated rings. The largest absolute Gasteiger partial charge is 0.366 e. The van der Waals surface area contributed by atoms with Crippen molar-refractivity contribution >= 4 is 17.3 Å². The molecular weight excluding hydrogens is 394 g/mol. The second-order valence-electron chi connectivity index (χ2n) is 8.91. The molecule has 0 amide bonds. The first-order valence-corrected chi connectivity index (χ1v) is 12.0. The van der Waals surface area contributed by atoms with Crippen molar-refractivity contribution < 1.29 is 19.1 Å². The third-order valence-corrected chi connectivity index (χ3v) is 6.48. The first kappa shape index (κ1) is 29.9. The maximum absolute atomic E-state index is 13.0. The summed E-state index contributed by atoms with van der Waals surface area (Å²) >= 11 is 0. The predicted molar refractivity (Wildman–Crippen MR) is 126 cm³/mol. The number of hydrogen-bond acceptors (Lipinski definition) is 7. The minimum atomic E-state index is -1.74. The van der Waals surface area contributed by atoms with E-state index in [-0.39, 0.29) is 26.2 Å². The zero-order chi connectivity index (χ0) is 23.9. The third kappa shape index (κ3) is 7.74. The highest BCUT2D eigenvalue weighted by atomic mass is 16.5. The minimum absolute atomic E-state index is 0.267. The van der Waals surface area contributed by atoms with Crippen LogP contribution < -0.4 is 17.2 Å². The maximum Gasteiger partial charge on any atom is 0.179 e. The van der Waals surface area contributed by atoms with E-state index in [9.17, 15) is 14.4 Å². The standard InChI is InChI=1S/C24H47N3O4/c1-5-6-7-8-9-10-11-12-13-14-15-31-23(4,20(28)16-25)24(19(2)3,21(29)17-26)22(30)18-27/h19H,5-18,25-27H2,1-4H3. The number of ketones is 3. The SMILES string of the molecule is CCCCCCCCCCCCOC(C)(C(=O)CN)C(C(=O)CN)(C(=O)CN)C(C)C. The number of unbranched alkanes of at least 4 members (excludes halogenated alkanes) is 9. The summed E-state index contributed by atoms with van der Waals surface area (Å²) < 4.78 is 6.04. The van der Waals surface area contributed by atoms with E-state index < -0.39 is 34.3 Å². The molecule has 1 unspecified atom stereocenters. The fourth-order valence-corrected chi connectivity index (χ4v) is 4.68. The first-order valence-electron chi connectivity index (χ1n) is 12.0. The van der Waals surface area contributed by atoms with E-state index in [0.29, 0.717) is 0 Å². The van der Waals surface area contributed by atoms with Crippen molar-refractivity contribution in [2.24, 2.45) is 28.5 Å². The number of ether oxygens (including phenoxy) is 1. The van der Waals surface area contributed by atoms with Gasteiger partial charge in [-0.05, 0) is 19.3 Å². The van der Waals surface area contributed by atoms with Gasteiger partial charge in [-0.2, -0.15) is 0 Å². The number of hydrogen-bond donors (Lipinski definition) is 3. The van der Waals surface area contributed by atoms with E-state index >= 15 is 0 Å². The summed E-state index contributed by atoms with van der Waals surface area (Å²) in [5.41, 5.74) is 13.5. The van der Waals surface area contributed by atoms with E-state index in [0.717, 1.165) is 19.3 Å². The summed E-state index contributed by atoms with van der Waals surface area (Å²) in [6, 6.07) is 0. The zero-order valence-corrected chi connectivity index (χ0v) is 20.3. The molecule has 0 aliphatic heterocycles. The van der Waals surface area contributed by atoms with Crippen molar-refractivity contribution in [1.29, 1.82) is 0 Å². The summed E-state index contributed by atoms with van der Waals surface area (Å²) in [5, 5.41) is 0. The number of nitrogens with two attached hydrogens (primary N) is 3. The Balaban J connectivity index is 5.08. The van der Waals surface area contributed by atoms with Crippen LogP contribution in [0, 0.1) is 11.3 Å². The van der Waals surface area contributed by atoms with Crippen LogP contribution in [0.25, 0.3) is 0 Å². The quantitative estimate of drug-likeness (QED) is 0.195. The molecule has 0 rings (SSSR count). The molecule has 0 heterocycles. The molecule has 0 aromatic heterocycles. The second-order valence-corrected chi connectivity index (χ2v) is 8.91. The lowest BCUT2D eigenvalue weighted by atomic mass is 9.58. The molecule has 6 N–H and O–H groups in total. The van der Waals surface area contributed by atoms with Crippen LogP contribution >= 0.6 is 0 Å². The van der Waals surface area contributed by atoms with Gasteiger partial charge in [0.05, 0.1) is 19.6 Å². The first-order chi connectivity index (χ1) is 14.7. The van der Waals surface area contributed by atoms with Crippen LogP contribution in [0.2, 0.25) is 0 Å². The molecule has 31 heavy (non-hydrogen) atoms. The van der Waals surface area contributed by atoms with Gasteiger partial charge in [-0.15, -0.1) is 0 Å². The molecule has 0 bridgehead atoms. The summed E-state index contributed by atoms with van der Waals surface area (Å²) in [5.74, 6) is -2.08. The van der Waals surface area contributed by atoms with Crippen LogP contribution in [0.4, 0.5) is 0 Å². The Morgan fingerprint density at radius 2 is 1.10 bits per heavy atom. The van der Waals surface area contributed by atoms with Crippen molar-refractivity contribution in [2.75, 3.05) is 26.2 Å². The fraction of sp³-hybridized carbons (Fsp3) is 0.875. The highest BCUT2D eigenvalue weighted by molar-refractivity contribution is 6.14. The average molecular weight is 442 g/mol. The van der Waals surface area contributed by atoms with Crippen LogP contribution in [0.15, 0.2) is 0 Å². The van der Waals surface area contributed by atoms with Gasteiger partial charge in [0.1, 0.15) is 11.0 Å². The number of rotatable bonds is 20. The van der Waals surface area contributed by atoms with Crippen LogP contribution in [0.3, 0.4) is 0 Å². The van der Waals surface area contributed by atoms with E-state index in [2.05, 4.69) is 6.92 Å². The van der Waals surface area contributed by atoms with E-state index in [1.807, 2.05) is 0 Å². The molecule has 182 valence electrons. The van der Waals surface area contributed by atoms with Crippen molar-refractivity contribution in [2.45, 2.75) is 97.5 Å². The minimum Gasteiger partial charge on any atom is -0.366 e.